The Hall–Kier alpha value is -0.970. The second kappa shape index (κ2) is 5.34. The van der Waals surface area contributed by atoms with Crippen LogP contribution in [0.5, 0.6) is 0 Å². The maximum Gasteiger partial charge on any atom is 0.146 e. The molecule has 0 aromatic heterocycles. The van der Waals surface area contributed by atoms with Crippen LogP contribution in [0, 0.1) is 5.82 Å². The fourth-order valence-corrected chi connectivity index (χ4v) is 2.40. The Morgan fingerprint density at radius 2 is 1.72 bits per heavy atom. The van der Waals surface area contributed by atoms with Crippen LogP contribution >= 0.6 is 39.1 Å². The van der Waals surface area contributed by atoms with Crippen LogP contribution in [-0.4, -0.2) is 0 Å². The lowest BCUT2D eigenvalue weighted by Crippen LogP contribution is -1.97. The lowest BCUT2D eigenvalue weighted by atomic mass is 10.2. The van der Waals surface area contributed by atoms with Gasteiger partial charge in [-0.15, -0.1) is 0 Å². The molecule has 0 radical (unpaired) electrons. The number of hydrogen-bond donors (Lipinski definition) is 2. The Morgan fingerprint density at radius 1 is 1.11 bits per heavy atom. The molecule has 0 aliphatic carbocycles. The summed E-state index contributed by atoms with van der Waals surface area (Å²) < 4.78 is 14.3. The van der Waals surface area contributed by atoms with Crippen molar-refractivity contribution in [2.24, 2.45) is 0 Å². The normalized spacial score (nSPS) is 10.4. The van der Waals surface area contributed by atoms with Crippen molar-refractivity contribution in [1.82, 2.24) is 0 Å². The molecule has 0 spiro atoms. The molecule has 2 aromatic carbocycles. The molecule has 6 heteroatoms. The van der Waals surface area contributed by atoms with Gasteiger partial charge in [-0.2, -0.15) is 0 Å². The van der Waals surface area contributed by atoms with Crippen molar-refractivity contribution < 1.29 is 4.39 Å². The molecule has 0 aliphatic rings. The van der Waals surface area contributed by atoms with E-state index in [0.29, 0.717) is 21.4 Å². The van der Waals surface area contributed by atoms with Crippen molar-refractivity contribution in [2.75, 3.05) is 11.1 Å². The largest absolute Gasteiger partial charge is 0.399 e. The van der Waals surface area contributed by atoms with Gasteiger partial charge in [0.2, 0.25) is 0 Å². The standard InChI is InChI=1S/C12H8BrCl2FN2/c13-6-1-2-10(16)11(3-6)18-12-8(14)4-7(17)5-9(12)15/h1-5,18H,17H2. The Bertz CT molecular complexity index is 582. The minimum atomic E-state index is -0.401. The number of hydrogen-bond acceptors (Lipinski definition) is 2. The van der Waals surface area contributed by atoms with E-state index < -0.39 is 5.82 Å². The molecule has 0 unspecified atom stereocenters. The van der Waals surface area contributed by atoms with Gasteiger partial charge >= 0.3 is 0 Å². The van der Waals surface area contributed by atoms with E-state index in [4.69, 9.17) is 28.9 Å². The first-order valence-electron chi connectivity index (χ1n) is 4.94. The van der Waals surface area contributed by atoms with Gasteiger partial charge in [0.15, 0.2) is 0 Å². The first kappa shape index (κ1) is 13.5. The Labute approximate surface area is 122 Å². The number of benzene rings is 2. The molecule has 0 heterocycles. The van der Waals surface area contributed by atoms with E-state index in [1.807, 2.05) is 0 Å². The predicted molar refractivity (Wildman–Crippen MR) is 78.3 cm³/mol. The van der Waals surface area contributed by atoms with Gasteiger partial charge in [-0.1, -0.05) is 39.1 Å². The fourth-order valence-electron chi connectivity index (χ4n) is 1.44. The van der Waals surface area contributed by atoms with E-state index in [0.717, 1.165) is 4.47 Å². The van der Waals surface area contributed by atoms with Crippen LogP contribution in [0.3, 0.4) is 0 Å². The summed E-state index contributed by atoms with van der Waals surface area (Å²) in [5, 5.41) is 3.52. The van der Waals surface area contributed by atoms with Crippen LogP contribution in [0.15, 0.2) is 34.8 Å². The van der Waals surface area contributed by atoms with Gasteiger partial charge in [-0.25, -0.2) is 4.39 Å². The van der Waals surface area contributed by atoms with Crippen molar-refractivity contribution in [3.63, 3.8) is 0 Å². The highest BCUT2D eigenvalue weighted by Gasteiger charge is 2.10. The van der Waals surface area contributed by atoms with Crippen LogP contribution in [0.25, 0.3) is 0 Å². The smallest absolute Gasteiger partial charge is 0.146 e. The quantitative estimate of drug-likeness (QED) is 0.729. The van der Waals surface area contributed by atoms with Crippen molar-refractivity contribution >= 4 is 56.2 Å². The monoisotopic (exact) mass is 348 g/mol. The maximum atomic E-state index is 13.6. The summed E-state index contributed by atoms with van der Waals surface area (Å²) in [5.41, 5.74) is 6.74. The molecule has 0 saturated carbocycles. The lowest BCUT2D eigenvalue weighted by Gasteiger charge is -2.12. The third-order valence-corrected chi connectivity index (χ3v) is 3.34. The Morgan fingerprint density at radius 3 is 2.33 bits per heavy atom. The molecule has 0 atom stereocenters. The summed E-state index contributed by atoms with van der Waals surface area (Å²) in [6, 6.07) is 7.63. The van der Waals surface area contributed by atoms with Gasteiger partial charge in [0.1, 0.15) is 5.82 Å². The average Bonchev–Trinajstić information content (AvgIpc) is 2.28. The van der Waals surface area contributed by atoms with E-state index in [2.05, 4.69) is 21.2 Å². The molecule has 0 amide bonds. The number of nitrogens with two attached hydrogens (primary N) is 1. The third kappa shape index (κ3) is 2.88. The van der Waals surface area contributed by atoms with Crippen molar-refractivity contribution in [1.29, 1.82) is 0 Å². The summed E-state index contributed by atoms with van der Waals surface area (Å²) in [6.07, 6.45) is 0. The van der Waals surface area contributed by atoms with Gasteiger partial charge in [-0.05, 0) is 30.3 Å². The Balaban J connectivity index is 2.43. The fraction of sp³-hybridized carbons (Fsp3) is 0. The van der Waals surface area contributed by atoms with Crippen molar-refractivity contribution in [3.8, 4) is 0 Å². The summed E-state index contributed by atoms with van der Waals surface area (Å²) in [5.74, 6) is -0.401. The van der Waals surface area contributed by atoms with Crippen LogP contribution in [0.2, 0.25) is 10.0 Å². The zero-order valence-corrected chi connectivity index (χ0v) is 12.1. The molecule has 3 N–H and O–H groups in total. The molecular weight excluding hydrogens is 342 g/mol. The van der Waals surface area contributed by atoms with Crippen molar-refractivity contribution in [2.45, 2.75) is 0 Å². The highest BCUT2D eigenvalue weighted by Crippen LogP contribution is 2.36. The van der Waals surface area contributed by atoms with Gasteiger partial charge in [0.05, 0.1) is 21.4 Å². The molecule has 18 heavy (non-hydrogen) atoms. The van der Waals surface area contributed by atoms with Crippen LogP contribution in [-0.2, 0) is 0 Å². The molecular formula is C12H8BrCl2FN2. The predicted octanol–water partition coefficient (Wildman–Crippen LogP) is 5.22. The summed E-state index contributed by atoms with van der Waals surface area (Å²) in [4.78, 5) is 0. The minimum Gasteiger partial charge on any atom is -0.399 e. The van der Waals surface area contributed by atoms with E-state index in [1.165, 1.54) is 6.07 Å². The molecule has 0 saturated heterocycles. The van der Waals surface area contributed by atoms with Crippen LogP contribution in [0.4, 0.5) is 21.5 Å². The van der Waals surface area contributed by atoms with E-state index in [9.17, 15) is 4.39 Å². The minimum absolute atomic E-state index is 0.276. The van der Waals surface area contributed by atoms with Gasteiger partial charge in [0, 0.05) is 10.2 Å². The molecule has 94 valence electrons. The number of nitrogens with one attached hydrogen (secondary N) is 1. The van der Waals surface area contributed by atoms with E-state index in [-0.39, 0.29) is 5.69 Å². The Kier molecular flexibility index (Phi) is 4.00. The molecule has 0 fully saturated rings. The zero-order valence-electron chi connectivity index (χ0n) is 8.98. The van der Waals surface area contributed by atoms with E-state index >= 15 is 0 Å². The summed E-state index contributed by atoms with van der Waals surface area (Å²) >= 11 is 15.3. The molecule has 2 nitrogen and oxygen atoms in total. The topological polar surface area (TPSA) is 38.0 Å². The first-order chi connectivity index (χ1) is 8.47. The first-order valence-corrected chi connectivity index (χ1v) is 6.49. The number of anilines is 3. The number of halogens is 4. The van der Waals surface area contributed by atoms with Gasteiger partial charge in [-0.3, -0.25) is 0 Å². The SMILES string of the molecule is Nc1cc(Cl)c(Nc2cc(Br)ccc2F)c(Cl)c1. The highest BCUT2D eigenvalue weighted by molar-refractivity contribution is 9.10. The van der Waals surface area contributed by atoms with Gasteiger partial charge < -0.3 is 11.1 Å². The number of rotatable bonds is 2. The van der Waals surface area contributed by atoms with E-state index in [1.54, 1.807) is 24.3 Å². The lowest BCUT2D eigenvalue weighted by molar-refractivity contribution is 0.631. The summed E-state index contributed by atoms with van der Waals surface area (Å²) in [7, 11) is 0. The average molecular weight is 350 g/mol. The molecule has 0 aliphatic heterocycles. The number of nitrogen functional groups attached to an aromatic ring is 1. The highest BCUT2D eigenvalue weighted by atomic mass is 79.9. The zero-order chi connectivity index (χ0) is 13.3. The maximum absolute atomic E-state index is 13.6. The summed E-state index contributed by atoms with van der Waals surface area (Å²) in [6.45, 7) is 0. The van der Waals surface area contributed by atoms with Crippen molar-refractivity contribution in [3.05, 3.63) is 50.7 Å². The molecule has 2 aromatic rings. The van der Waals surface area contributed by atoms with Crippen LogP contribution in [0.1, 0.15) is 0 Å². The van der Waals surface area contributed by atoms with Gasteiger partial charge in [0.25, 0.3) is 0 Å². The third-order valence-electron chi connectivity index (χ3n) is 2.25. The van der Waals surface area contributed by atoms with Crippen LogP contribution < -0.4 is 11.1 Å². The molecule has 2 rings (SSSR count). The second-order valence-electron chi connectivity index (χ2n) is 3.61. The second-order valence-corrected chi connectivity index (χ2v) is 5.34. The molecule has 0 bridgehead atoms.